The van der Waals surface area contributed by atoms with E-state index in [4.69, 9.17) is 0 Å². The molecule has 0 unspecified atom stereocenters. The van der Waals surface area contributed by atoms with Gasteiger partial charge in [-0.2, -0.15) is 0 Å². The third-order valence-electron chi connectivity index (χ3n) is 2.97. The van der Waals surface area contributed by atoms with Gasteiger partial charge in [-0.15, -0.1) is 0 Å². The van der Waals surface area contributed by atoms with Gasteiger partial charge in [0.15, 0.2) is 0 Å². The quantitative estimate of drug-likeness (QED) is 0.796. The number of hydrogen-bond acceptors (Lipinski definition) is 3. The lowest BCUT2D eigenvalue weighted by molar-refractivity contribution is -0.139. The molecular formula is C15H12BrFN2O3. The van der Waals surface area contributed by atoms with Gasteiger partial charge in [0.25, 0.3) is 5.91 Å². The first kappa shape index (κ1) is 16.1. The summed E-state index contributed by atoms with van der Waals surface area (Å²) in [4.78, 5) is 27.4. The predicted molar refractivity (Wildman–Crippen MR) is 80.9 cm³/mol. The Labute approximate surface area is 134 Å². The number of hydrogen-bond donors (Lipinski definition) is 2. The number of rotatable bonds is 5. The van der Waals surface area contributed by atoms with Crippen LogP contribution in [-0.2, 0) is 11.2 Å². The average molecular weight is 367 g/mol. The van der Waals surface area contributed by atoms with E-state index in [0.29, 0.717) is 10.2 Å². The van der Waals surface area contributed by atoms with E-state index in [1.165, 1.54) is 12.1 Å². The van der Waals surface area contributed by atoms with E-state index in [-0.39, 0.29) is 12.0 Å². The van der Waals surface area contributed by atoms with E-state index >= 15 is 0 Å². The Morgan fingerprint density at radius 3 is 2.55 bits per heavy atom. The summed E-state index contributed by atoms with van der Waals surface area (Å²) in [6.07, 6.45) is 1.65. The van der Waals surface area contributed by atoms with Crippen LogP contribution in [0.4, 0.5) is 4.39 Å². The molecule has 1 heterocycles. The highest BCUT2D eigenvalue weighted by molar-refractivity contribution is 9.10. The fourth-order valence-electron chi connectivity index (χ4n) is 1.83. The van der Waals surface area contributed by atoms with Gasteiger partial charge < -0.3 is 10.4 Å². The van der Waals surface area contributed by atoms with Crippen molar-refractivity contribution in [2.75, 3.05) is 0 Å². The van der Waals surface area contributed by atoms with E-state index < -0.39 is 23.7 Å². The smallest absolute Gasteiger partial charge is 0.326 e. The summed E-state index contributed by atoms with van der Waals surface area (Å²) < 4.78 is 13.4. The molecule has 0 radical (unpaired) electrons. The van der Waals surface area contributed by atoms with E-state index in [2.05, 4.69) is 26.2 Å². The normalized spacial score (nSPS) is 11.7. The van der Waals surface area contributed by atoms with Gasteiger partial charge in [0, 0.05) is 18.2 Å². The van der Waals surface area contributed by atoms with Crippen LogP contribution < -0.4 is 5.32 Å². The van der Waals surface area contributed by atoms with E-state index in [1.54, 1.807) is 18.3 Å². The van der Waals surface area contributed by atoms with Crippen LogP contribution >= 0.6 is 15.9 Å². The second-order valence-corrected chi connectivity index (χ2v) is 5.28. The average Bonchev–Trinajstić information content (AvgIpc) is 2.49. The molecular weight excluding hydrogens is 355 g/mol. The lowest BCUT2D eigenvalue weighted by Crippen LogP contribution is -2.42. The SMILES string of the molecule is O=C(N[C@H](Cc1cccnc1Br)C(=O)O)c1ccc(F)cc1. The molecule has 2 N–H and O–H groups in total. The Balaban J connectivity index is 2.12. The number of nitrogens with zero attached hydrogens (tertiary/aromatic N) is 1. The second kappa shape index (κ2) is 7.13. The van der Waals surface area contributed by atoms with Crippen LogP contribution in [0, 0.1) is 5.82 Å². The van der Waals surface area contributed by atoms with E-state index in [0.717, 1.165) is 12.1 Å². The molecule has 1 atom stereocenters. The first-order valence-corrected chi connectivity index (χ1v) is 7.15. The number of aromatic nitrogens is 1. The minimum absolute atomic E-state index is 0.0801. The number of pyridine rings is 1. The van der Waals surface area contributed by atoms with Gasteiger partial charge in [0.05, 0.1) is 0 Å². The van der Waals surface area contributed by atoms with Gasteiger partial charge in [-0.25, -0.2) is 14.2 Å². The molecule has 0 aliphatic carbocycles. The summed E-state index contributed by atoms with van der Waals surface area (Å²) in [5.41, 5.74) is 0.854. The van der Waals surface area contributed by atoms with Gasteiger partial charge in [0.2, 0.25) is 0 Å². The molecule has 114 valence electrons. The molecule has 1 aromatic carbocycles. The van der Waals surface area contributed by atoms with Gasteiger partial charge in [0.1, 0.15) is 16.5 Å². The van der Waals surface area contributed by atoms with Gasteiger partial charge in [-0.05, 0) is 51.8 Å². The van der Waals surface area contributed by atoms with Crippen LogP contribution in [-0.4, -0.2) is 28.0 Å². The van der Waals surface area contributed by atoms with Crippen molar-refractivity contribution < 1.29 is 19.1 Å². The van der Waals surface area contributed by atoms with Crippen molar-refractivity contribution >= 4 is 27.8 Å². The van der Waals surface area contributed by atoms with Crippen molar-refractivity contribution in [3.05, 3.63) is 64.1 Å². The third kappa shape index (κ3) is 4.11. The third-order valence-corrected chi connectivity index (χ3v) is 3.68. The lowest BCUT2D eigenvalue weighted by Gasteiger charge is -2.15. The Morgan fingerprint density at radius 1 is 1.27 bits per heavy atom. The number of halogens is 2. The van der Waals surface area contributed by atoms with Gasteiger partial charge in [-0.1, -0.05) is 6.07 Å². The Bertz CT molecular complexity index is 691. The summed E-state index contributed by atoms with van der Waals surface area (Å²) in [5.74, 6) is -2.20. The van der Waals surface area contributed by atoms with Crippen molar-refractivity contribution in [3.63, 3.8) is 0 Å². The van der Waals surface area contributed by atoms with E-state index in [1.807, 2.05) is 0 Å². The van der Waals surface area contributed by atoms with Crippen LogP contribution in [0.15, 0.2) is 47.2 Å². The number of carboxylic acid groups (broad SMARTS) is 1. The van der Waals surface area contributed by atoms with Crippen molar-refractivity contribution in [3.8, 4) is 0 Å². The molecule has 2 rings (SSSR count). The minimum atomic E-state index is -1.16. The first-order valence-electron chi connectivity index (χ1n) is 6.36. The number of benzene rings is 1. The molecule has 0 bridgehead atoms. The molecule has 0 aliphatic heterocycles. The molecule has 0 spiro atoms. The molecule has 0 aliphatic rings. The first-order chi connectivity index (χ1) is 10.5. The number of carbonyl (C=O) groups excluding carboxylic acids is 1. The molecule has 2 aromatic rings. The highest BCUT2D eigenvalue weighted by Crippen LogP contribution is 2.15. The molecule has 22 heavy (non-hydrogen) atoms. The Kier molecular flexibility index (Phi) is 5.21. The fourth-order valence-corrected chi connectivity index (χ4v) is 2.25. The van der Waals surface area contributed by atoms with Crippen molar-refractivity contribution in [2.24, 2.45) is 0 Å². The largest absolute Gasteiger partial charge is 0.480 e. The summed E-state index contributed by atoms with van der Waals surface area (Å²) in [5, 5.41) is 11.7. The highest BCUT2D eigenvalue weighted by Gasteiger charge is 2.22. The summed E-state index contributed by atoms with van der Waals surface area (Å²) in [6.45, 7) is 0. The summed E-state index contributed by atoms with van der Waals surface area (Å²) >= 11 is 3.23. The number of carboxylic acids is 1. The molecule has 1 aromatic heterocycles. The van der Waals surface area contributed by atoms with E-state index in [9.17, 15) is 19.1 Å². The molecule has 0 fully saturated rings. The zero-order valence-electron chi connectivity index (χ0n) is 11.3. The number of aliphatic carboxylic acids is 1. The van der Waals surface area contributed by atoms with Crippen molar-refractivity contribution in [1.29, 1.82) is 0 Å². The maximum atomic E-state index is 12.8. The monoisotopic (exact) mass is 366 g/mol. The molecule has 0 saturated heterocycles. The number of carbonyl (C=O) groups is 2. The number of nitrogens with one attached hydrogen (secondary N) is 1. The predicted octanol–water partition coefficient (Wildman–Crippen LogP) is 2.41. The second-order valence-electron chi connectivity index (χ2n) is 4.53. The fraction of sp³-hybridized carbons (Fsp3) is 0.133. The summed E-state index contributed by atoms with van der Waals surface area (Å²) in [7, 11) is 0. The lowest BCUT2D eigenvalue weighted by atomic mass is 10.1. The van der Waals surface area contributed by atoms with Crippen LogP contribution in [0.5, 0.6) is 0 Å². The maximum Gasteiger partial charge on any atom is 0.326 e. The zero-order chi connectivity index (χ0) is 16.1. The molecule has 0 saturated carbocycles. The van der Waals surface area contributed by atoms with Gasteiger partial charge >= 0.3 is 5.97 Å². The van der Waals surface area contributed by atoms with Crippen LogP contribution in [0.2, 0.25) is 0 Å². The standard InChI is InChI=1S/C15H12BrFN2O3/c16-13-10(2-1-7-18-13)8-12(15(21)22)19-14(20)9-3-5-11(17)6-4-9/h1-7,12H,8H2,(H,19,20)(H,21,22)/t12-/m1/s1. The van der Waals surface area contributed by atoms with Crippen LogP contribution in [0.3, 0.4) is 0 Å². The molecule has 5 nitrogen and oxygen atoms in total. The Morgan fingerprint density at radius 2 is 1.95 bits per heavy atom. The topological polar surface area (TPSA) is 79.3 Å². The van der Waals surface area contributed by atoms with Crippen LogP contribution in [0.1, 0.15) is 15.9 Å². The van der Waals surface area contributed by atoms with Crippen molar-refractivity contribution in [2.45, 2.75) is 12.5 Å². The maximum absolute atomic E-state index is 12.8. The number of amides is 1. The minimum Gasteiger partial charge on any atom is -0.480 e. The Hall–Kier alpha value is -2.28. The summed E-state index contributed by atoms with van der Waals surface area (Å²) in [6, 6.07) is 7.16. The molecule has 7 heteroatoms. The zero-order valence-corrected chi connectivity index (χ0v) is 12.9. The van der Waals surface area contributed by atoms with Crippen LogP contribution in [0.25, 0.3) is 0 Å². The van der Waals surface area contributed by atoms with Gasteiger partial charge in [-0.3, -0.25) is 4.79 Å². The van der Waals surface area contributed by atoms with Crippen molar-refractivity contribution in [1.82, 2.24) is 10.3 Å². The molecule has 1 amide bonds. The highest BCUT2D eigenvalue weighted by atomic mass is 79.9.